The number of halogens is 1. The largest absolute Gasteiger partial charge is 0.489 e. The van der Waals surface area contributed by atoms with Gasteiger partial charge in [-0.1, -0.05) is 48.0 Å². The maximum Gasteiger partial charge on any atom is 0.120 e. The first-order valence-electron chi connectivity index (χ1n) is 9.87. The summed E-state index contributed by atoms with van der Waals surface area (Å²) in [4.78, 5) is 8.00. The van der Waals surface area contributed by atoms with Crippen LogP contribution in [0.2, 0.25) is 5.02 Å². The number of para-hydroxylation sites is 2. The third-order valence-corrected chi connectivity index (χ3v) is 4.96. The predicted octanol–water partition coefficient (Wildman–Crippen LogP) is 5.52. The summed E-state index contributed by atoms with van der Waals surface area (Å²) in [5.41, 5.74) is 4.40. The van der Waals surface area contributed by atoms with Crippen molar-refractivity contribution in [1.29, 1.82) is 0 Å². The van der Waals surface area contributed by atoms with Crippen LogP contribution >= 0.6 is 11.6 Å². The van der Waals surface area contributed by atoms with Crippen molar-refractivity contribution in [1.82, 2.24) is 15.3 Å². The van der Waals surface area contributed by atoms with Crippen molar-refractivity contribution in [3.05, 3.63) is 94.8 Å². The van der Waals surface area contributed by atoms with E-state index in [0.29, 0.717) is 6.61 Å². The van der Waals surface area contributed by atoms with Crippen LogP contribution in [0.25, 0.3) is 11.0 Å². The Morgan fingerprint density at radius 3 is 2.69 bits per heavy atom. The lowest BCUT2D eigenvalue weighted by molar-refractivity contribution is 0.306. The van der Waals surface area contributed by atoms with Gasteiger partial charge in [-0.05, 0) is 60.5 Å². The molecule has 0 amide bonds. The number of aromatic nitrogens is 2. The molecular formula is C24H24ClN3O. The number of aryl methyl sites for hydroxylation is 1. The fourth-order valence-electron chi connectivity index (χ4n) is 3.28. The maximum atomic E-state index is 6.02. The number of aromatic amines is 1. The number of benzene rings is 3. The summed E-state index contributed by atoms with van der Waals surface area (Å²) in [7, 11) is 0. The summed E-state index contributed by atoms with van der Waals surface area (Å²) in [6.07, 6.45) is 1.97. The van der Waals surface area contributed by atoms with E-state index in [1.165, 1.54) is 5.56 Å². The van der Waals surface area contributed by atoms with E-state index in [2.05, 4.69) is 33.5 Å². The fraction of sp³-hybridized carbons (Fsp3) is 0.208. The van der Waals surface area contributed by atoms with Gasteiger partial charge >= 0.3 is 0 Å². The highest BCUT2D eigenvalue weighted by Gasteiger charge is 2.02. The second kappa shape index (κ2) is 9.59. The zero-order chi connectivity index (χ0) is 19.9. The molecule has 0 fully saturated rings. The van der Waals surface area contributed by atoms with E-state index in [4.69, 9.17) is 16.3 Å². The van der Waals surface area contributed by atoms with Crippen LogP contribution in [0.5, 0.6) is 5.75 Å². The van der Waals surface area contributed by atoms with E-state index in [0.717, 1.165) is 59.1 Å². The van der Waals surface area contributed by atoms with Gasteiger partial charge in [0, 0.05) is 18.0 Å². The number of nitrogens with zero attached hydrogens (tertiary/aromatic N) is 1. The van der Waals surface area contributed by atoms with Crippen LogP contribution in [0, 0.1) is 0 Å². The molecule has 0 bridgehead atoms. The third-order valence-electron chi connectivity index (χ3n) is 4.73. The second-order valence-electron chi connectivity index (χ2n) is 7.05. The predicted molar refractivity (Wildman–Crippen MR) is 118 cm³/mol. The van der Waals surface area contributed by atoms with Crippen molar-refractivity contribution in [2.45, 2.75) is 26.0 Å². The molecule has 0 spiro atoms. The van der Waals surface area contributed by atoms with Crippen molar-refractivity contribution in [3.63, 3.8) is 0 Å². The first-order valence-corrected chi connectivity index (χ1v) is 10.2. The molecule has 4 nitrogen and oxygen atoms in total. The molecule has 1 heterocycles. The average molecular weight is 406 g/mol. The normalized spacial score (nSPS) is 11.1. The van der Waals surface area contributed by atoms with Crippen molar-refractivity contribution < 1.29 is 4.74 Å². The highest BCUT2D eigenvalue weighted by Crippen LogP contribution is 2.17. The van der Waals surface area contributed by atoms with Crippen LogP contribution < -0.4 is 10.1 Å². The number of hydrogen-bond donors (Lipinski definition) is 2. The quantitative estimate of drug-likeness (QED) is 0.360. The van der Waals surface area contributed by atoms with Gasteiger partial charge in [0.25, 0.3) is 0 Å². The minimum atomic E-state index is 0.509. The second-order valence-corrected chi connectivity index (χ2v) is 7.48. The lowest BCUT2D eigenvalue weighted by atomic mass is 10.2. The molecule has 5 heteroatoms. The lowest BCUT2D eigenvalue weighted by Gasteiger charge is -2.09. The minimum absolute atomic E-state index is 0.509. The van der Waals surface area contributed by atoms with Gasteiger partial charge < -0.3 is 15.0 Å². The third kappa shape index (κ3) is 5.59. The molecule has 1 aromatic heterocycles. The number of nitrogens with one attached hydrogen (secondary N) is 2. The Hall–Kier alpha value is -2.82. The molecule has 0 saturated carbocycles. The van der Waals surface area contributed by atoms with Gasteiger partial charge in [-0.2, -0.15) is 0 Å². The smallest absolute Gasteiger partial charge is 0.120 e. The van der Waals surface area contributed by atoms with Gasteiger partial charge in [0.15, 0.2) is 0 Å². The molecule has 0 unspecified atom stereocenters. The van der Waals surface area contributed by atoms with Crippen molar-refractivity contribution in [2.24, 2.45) is 0 Å². The summed E-state index contributed by atoms with van der Waals surface area (Å²) >= 11 is 6.02. The number of ether oxygens (including phenoxy) is 1. The molecule has 148 valence electrons. The zero-order valence-corrected chi connectivity index (χ0v) is 17.0. The molecule has 3 aromatic carbocycles. The molecular weight excluding hydrogens is 382 g/mol. The van der Waals surface area contributed by atoms with Crippen molar-refractivity contribution in [2.75, 3.05) is 6.54 Å². The van der Waals surface area contributed by atoms with Crippen LogP contribution in [-0.4, -0.2) is 16.5 Å². The standard InChI is InChI=1S/C24H24ClN3O/c25-20-8-3-7-19(14-20)17-29-21-9-4-6-18(15-21)16-26-13-5-12-24-27-22-10-1-2-11-23(22)28-24/h1-4,6-11,14-15,26H,5,12-13,16-17H2,(H,27,28). The Morgan fingerprint density at radius 1 is 0.931 bits per heavy atom. The Morgan fingerprint density at radius 2 is 1.79 bits per heavy atom. The first-order chi connectivity index (χ1) is 14.3. The number of H-pyrrole nitrogens is 1. The van der Waals surface area contributed by atoms with Crippen LogP contribution in [-0.2, 0) is 19.6 Å². The summed E-state index contributed by atoms with van der Waals surface area (Å²) in [5.74, 6) is 1.91. The lowest BCUT2D eigenvalue weighted by Crippen LogP contribution is -2.15. The molecule has 0 aliphatic heterocycles. The van der Waals surface area contributed by atoms with Gasteiger partial charge in [0.05, 0.1) is 11.0 Å². The van der Waals surface area contributed by atoms with Crippen molar-refractivity contribution >= 4 is 22.6 Å². The molecule has 0 saturated heterocycles. The molecule has 2 N–H and O–H groups in total. The van der Waals surface area contributed by atoms with Crippen LogP contribution in [0.3, 0.4) is 0 Å². The van der Waals surface area contributed by atoms with E-state index < -0.39 is 0 Å². The Bertz CT molecular complexity index is 1040. The molecule has 0 atom stereocenters. The van der Waals surface area contributed by atoms with Crippen molar-refractivity contribution in [3.8, 4) is 5.75 Å². The van der Waals surface area contributed by atoms with Gasteiger partial charge in [0.2, 0.25) is 0 Å². The molecule has 29 heavy (non-hydrogen) atoms. The summed E-state index contributed by atoms with van der Waals surface area (Å²) < 4.78 is 5.90. The van der Waals surface area contributed by atoms with E-state index in [9.17, 15) is 0 Å². The summed E-state index contributed by atoms with van der Waals surface area (Å²) in [6, 6.07) is 24.1. The maximum absolute atomic E-state index is 6.02. The molecule has 0 aliphatic rings. The van der Waals surface area contributed by atoms with Gasteiger partial charge in [-0.15, -0.1) is 0 Å². The topological polar surface area (TPSA) is 49.9 Å². The van der Waals surface area contributed by atoms with Crippen LogP contribution in [0.15, 0.2) is 72.8 Å². The molecule has 4 rings (SSSR count). The number of hydrogen-bond acceptors (Lipinski definition) is 3. The minimum Gasteiger partial charge on any atom is -0.489 e. The van der Waals surface area contributed by atoms with E-state index in [1.54, 1.807) is 0 Å². The van der Waals surface area contributed by atoms with Gasteiger partial charge in [0.1, 0.15) is 18.2 Å². The zero-order valence-electron chi connectivity index (χ0n) is 16.2. The van der Waals surface area contributed by atoms with Crippen LogP contribution in [0.4, 0.5) is 0 Å². The first kappa shape index (κ1) is 19.5. The monoisotopic (exact) mass is 405 g/mol. The van der Waals surface area contributed by atoms with Gasteiger partial charge in [-0.3, -0.25) is 0 Å². The van der Waals surface area contributed by atoms with Gasteiger partial charge in [-0.25, -0.2) is 4.98 Å². The average Bonchev–Trinajstić information content (AvgIpc) is 3.15. The van der Waals surface area contributed by atoms with E-state index in [-0.39, 0.29) is 0 Å². The summed E-state index contributed by atoms with van der Waals surface area (Å²) in [5, 5.41) is 4.23. The molecule has 0 radical (unpaired) electrons. The fourth-order valence-corrected chi connectivity index (χ4v) is 3.49. The highest BCUT2D eigenvalue weighted by molar-refractivity contribution is 6.30. The Balaban J connectivity index is 1.21. The van der Waals surface area contributed by atoms with E-state index in [1.807, 2.05) is 54.6 Å². The SMILES string of the molecule is Clc1cccc(COc2cccc(CNCCCc3nc4ccccc4[nH]3)c2)c1. The number of imidazole rings is 1. The number of rotatable bonds is 9. The summed E-state index contributed by atoms with van der Waals surface area (Å²) in [6.45, 7) is 2.26. The van der Waals surface area contributed by atoms with E-state index >= 15 is 0 Å². The molecule has 0 aliphatic carbocycles. The Kier molecular flexibility index (Phi) is 6.45. The molecule has 4 aromatic rings. The number of fused-ring (bicyclic) bond motifs is 1. The Labute approximate surface area is 175 Å². The van der Waals surface area contributed by atoms with Crippen LogP contribution in [0.1, 0.15) is 23.4 Å². The highest BCUT2D eigenvalue weighted by atomic mass is 35.5.